The number of nitrogens with one attached hydrogen (secondary N) is 1. The van der Waals surface area contributed by atoms with Gasteiger partial charge in [-0.15, -0.1) is 5.10 Å². The maximum atomic E-state index is 13.0. The van der Waals surface area contributed by atoms with Crippen LogP contribution in [-0.4, -0.2) is 27.4 Å². The summed E-state index contributed by atoms with van der Waals surface area (Å²) in [6.07, 6.45) is -4.64. The third kappa shape index (κ3) is 4.16. The summed E-state index contributed by atoms with van der Waals surface area (Å²) < 4.78 is 40.7. The average molecular weight is 441 g/mol. The molecule has 0 saturated carbocycles. The Labute approximate surface area is 159 Å². The summed E-state index contributed by atoms with van der Waals surface area (Å²) in [7, 11) is 0. The monoisotopic (exact) mass is 440 g/mol. The SMILES string of the molecule is O=C(NCCn1nnc2cc(Br)ccc2c1=O)c1ccccc1C(F)(F)F. The lowest BCUT2D eigenvalue weighted by Gasteiger charge is -2.12. The number of amides is 1. The van der Waals surface area contributed by atoms with Crippen LogP contribution in [-0.2, 0) is 12.7 Å². The molecule has 0 aliphatic heterocycles. The van der Waals surface area contributed by atoms with Gasteiger partial charge in [0.25, 0.3) is 11.5 Å². The molecule has 140 valence electrons. The zero-order valence-corrected chi connectivity index (χ0v) is 15.2. The molecule has 1 aromatic heterocycles. The van der Waals surface area contributed by atoms with Gasteiger partial charge in [0.1, 0.15) is 5.52 Å². The lowest BCUT2D eigenvalue weighted by Crippen LogP contribution is -2.33. The van der Waals surface area contributed by atoms with Gasteiger partial charge in [-0.25, -0.2) is 4.68 Å². The van der Waals surface area contributed by atoms with Gasteiger partial charge in [0.2, 0.25) is 0 Å². The van der Waals surface area contributed by atoms with Crippen molar-refractivity contribution >= 4 is 32.7 Å². The first-order chi connectivity index (χ1) is 12.8. The van der Waals surface area contributed by atoms with Crippen molar-refractivity contribution in [2.45, 2.75) is 12.7 Å². The molecule has 0 aliphatic rings. The second-order valence-corrected chi connectivity index (χ2v) is 6.49. The minimum atomic E-state index is -4.64. The highest BCUT2D eigenvalue weighted by molar-refractivity contribution is 9.10. The molecule has 3 rings (SSSR count). The van der Waals surface area contributed by atoms with Crippen LogP contribution in [0.5, 0.6) is 0 Å². The molecule has 1 N–H and O–H groups in total. The van der Waals surface area contributed by atoms with Crippen molar-refractivity contribution in [3.8, 4) is 0 Å². The third-order valence-corrected chi connectivity index (χ3v) is 4.26. The Hall–Kier alpha value is -2.75. The highest BCUT2D eigenvalue weighted by Gasteiger charge is 2.34. The molecule has 0 unspecified atom stereocenters. The van der Waals surface area contributed by atoms with Crippen molar-refractivity contribution in [2.75, 3.05) is 6.54 Å². The zero-order valence-electron chi connectivity index (χ0n) is 13.6. The number of carbonyl (C=O) groups excluding carboxylic acids is 1. The Morgan fingerprint density at radius 2 is 1.93 bits per heavy atom. The standard InChI is InChI=1S/C17H12BrF3N4O2/c18-10-5-6-12-14(9-10)23-24-25(16(12)27)8-7-22-15(26)11-3-1-2-4-13(11)17(19,20)21/h1-6,9H,7-8H2,(H,22,26). The minimum absolute atomic E-state index is 0.0300. The van der Waals surface area contributed by atoms with E-state index in [-0.39, 0.29) is 13.1 Å². The third-order valence-electron chi connectivity index (χ3n) is 3.77. The van der Waals surface area contributed by atoms with Crippen LogP contribution in [0, 0.1) is 0 Å². The number of carbonyl (C=O) groups is 1. The van der Waals surface area contributed by atoms with Crippen molar-refractivity contribution in [2.24, 2.45) is 0 Å². The maximum absolute atomic E-state index is 13.0. The number of rotatable bonds is 4. The average Bonchev–Trinajstić information content (AvgIpc) is 2.62. The van der Waals surface area contributed by atoms with E-state index in [2.05, 4.69) is 31.6 Å². The minimum Gasteiger partial charge on any atom is -0.350 e. The van der Waals surface area contributed by atoms with E-state index in [1.807, 2.05) is 0 Å². The van der Waals surface area contributed by atoms with Crippen molar-refractivity contribution in [1.82, 2.24) is 20.3 Å². The zero-order chi connectivity index (χ0) is 19.6. The van der Waals surface area contributed by atoms with Gasteiger partial charge in [0.05, 0.1) is 23.1 Å². The van der Waals surface area contributed by atoms with Gasteiger partial charge in [-0.2, -0.15) is 13.2 Å². The summed E-state index contributed by atoms with van der Waals surface area (Å²) in [4.78, 5) is 24.5. The van der Waals surface area contributed by atoms with Gasteiger partial charge in [-0.1, -0.05) is 33.3 Å². The van der Waals surface area contributed by atoms with E-state index in [9.17, 15) is 22.8 Å². The van der Waals surface area contributed by atoms with Crippen LogP contribution in [0.2, 0.25) is 0 Å². The molecule has 0 saturated heterocycles. The smallest absolute Gasteiger partial charge is 0.350 e. The van der Waals surface area contributed by atoms with Gasteiger partial charge in [0, 0.05) is 11.0 Å². The molecule has 0 radical (unpaired) electrons. The van der Waals surface area contributed by atoms with Crippen LogP contribution in [0.25, 0.3) is 10.9 Å². The van der Waals surface area contributed by atoms with Crippen molar-refractivity contribution in [3.63, 3.8) is 0 Å². The Balaban J connectivity index is 1.73. The molecule has 6 nitrogen and oxygen atoms in total. The number of halogens is 4. The van der Waals surface area contributed by atoms with Crippen LogP contribution >= 0.6 is 15.9 Å². The largest absolute Gasteiger partial charge is 0.417 e. The Kier molecular flexibility index (Phi) is 5.26. The maximum Gasteiger partial charge on any atom is 0.417 e. The van der Waals surface area contributed by atoms with E-state index in [1.165, 1.54) is 12.1 Å². The first kappa shape index (κ1) is 19.0. The number of benzene rings is 2. The van der Waals surface area contributed by atoms with Crippen LogP contribution < -0.4 is 10.9 Å². The van der Waals surface area contributed by atoms with Gasteiger partial charge in [0.15, 0.2) is 0 Å². The predicted octanol–water partition coefficient (Wildman–Crippen LogP) is 3.00. The molecular weight excluding hydrogens is 429 g/mol. The summed E-state index contributed by atoms with van der Waals surface area (Å²) >= 11 is 3.27. The van der Waals surface area contributed by atoms with E-state index >= 15 is 0 Å². The number of nitrogens with zero attached hydrogens (tertiary/aromatic N) is 3. The summed E-state index contributed by atoms with van der Waals surface area (Å²) in [5.74, 6) is -0.881. The second kappa shape index (κ2) is 7.47. The highest BCUT2D eigenvalue weighted by Crippen LogP contribution is 2.31. The molecule has 0 bridgehead atoms. The number of aromatic nitrogens is 3. The molecule has 0 fully saturated rings. The second-order valence-electron chi connectivity index (χ2n) is 5.58. The van der Waals surface area contributed by atoms with E-state index in [0.29, 0.717) is 10.9 Å². The molecule has 2 aromatic carbocycles. The summed E-state index contributed by atoms with van der Waals surface area (Å²) in [5.41, 5.74) is -1.49. The number of alkyl halides is 3. The first-order valence-electron chi connectivity index (χ1n) is 7.75. The molecule has 1 heterocycles. The van der Waals surface area contributed by atoms with Gasteiger partial charge >= 0.3 is 6.18 Å². The van der Waals surface area contributed by atoms with E-state index in [1.54, 1.807) is 18.2 Å². The topological polar surface area (TPSA) is 76.9 Å². The van der Waals surface area contributed by atoms with Crippen LogP contribution in [0.3, 0.4) is 0 Å². The summed E-state index contributed by atoms with van der Waals surface area (Å²) in [6, 6.07) is 9.41. The highest BCUT2D eigenvalue weighted by atomic mass is 79.9. The fourth-order valence-corrected chi connectivity index (χ4v) is 2.84. The molecule has 0 spiro atoms. The summed E-state index contributed by atoms with van der Waals surface area (Å²) in [6.45, 7) is -0.112. The van der Waals surface area contributed by atoms with Gasteiger partial charge in [-0.05, 0) is 30.3 Å². The Morgan fingerprint density at radius 3 is 2.67 bits per heavy atom. The molecule has 3 aromatic rings. The molecule has 10 heteroatoms. The lowest BCUT2D eigenvalue weighted by molar-refractivity contribution is -0.137. The lowest BCUT2D eigenvalue weighted by atomic mass is 10.1. The number of hydrogen-bond acceptors (Lipinski definition) is 4. The molecule has 1 amide bonds. The number of fused-ring (bicyclic) bond motifs is 1. The van der Waals surface area contributed by atoms with Crippen LogP contribution in [0.4, 0.5) is 13.2 Å². The van der Waals surface area contributed by atoms with E-state index < -0.39 is 28.8 Å². The molecule has 27 heavy (non-hydrogen) atoms. The molecular formula is C17H12BrF3N4O2. The van der Waals surface area contributed by atoms with Crippen molar-refractivity contribution in [1.29, 1.82) is 0 Å². The Morgan fingerprint density at radius 1 is 1.19 bits per heavy atom. The first-order valence-corrected chi connectivity index (χ1v) is 8.54. The molecule has 0 atom stereocenters. The summed E-state index contributed by atoms with van der Waals surface area (Å²) in [5, 5.41) is 10.4. The van der Waals surface area contributed by atoms with Crippen molar-refractivity contribution < 1.29 is 18.0 Å². The predicted molar refractivity (Wildman–Crippen MR) is 95.3 cm³/mol. The Bertz CT molecular complexity index is 1070. The molecule has 0 aliphatic carbocycles. The van der Waals surface area contributed by atoms with E-state index in [0.717, 1.165) is 21.3 Å². The van der Waals surface area contributed by atoms with Crippen LogP contribution in [0.1, 0.15) is 15.9 Å². The fourth-order valence-electron chi connectivity index (χ4n) is 2.50. The van der Waals surface area contributed by atoms with Gasteiger partial charge in [-0.3, -0.25) is 9.59 Å². The number of hydrogen-bond donors (Lipinski definition) is 1. The quantitative estimate of drug-likeness (QED) is 0.676. The van der Waals surface area contributed by atoms with Crippen LogP contribution in [0.15, 0.2) is 51.7 Å². The van der Waals surface area contributed by atoms with Gasteiger partial charge < -0.3 is 5.32 Å². The van der Waals surface area contributed by atoms with Crippen molar-refractivity contribution in [3.05, 3.63) is 68.4 Å². The van der Waals surface area contributed by atoms with E-state index in [4.69, 9.17) is 0 Å². The normalized spacial score (nSPS) is 11.6. The fraction of sp³-hybridized carbons (Fsp3) is 0.176.